The van der Waals surface area contributed by atoms with Gasteiger partial charge >= 0.3 is 0 Å². The predicted octanol–water partition coefficient (Wildman–Crippen LogP) is 2.74. The second kappa shape index (κ2) is 6.17. The first-order valence-corrected chi connectivity index (χ1v) is 6.80. The number of rotatable bonds is 7. The summed E-state index contributed by atoms with van der Waals surface area (Å²) in [5.41, 5.74) is -0.0345. The minimum atomic E-state index is -0.0456. The van der Waals surface area contributed by atoms with Gasteiger partial charge in [-0.15, -0.1) is 0 Å². The Labute approximate surface area is 106 Å². The van der Waals surface area contributed by atoms with Gasteiger partial charge in [0.15, 0.2) is 0 Å². The van der Waals surface area contributed by atoms with E-state index < -0.39 is 0 Å². The molecule has 0 aromatic rings. The van der Waals surface area contributed by atoms with Crippen molar-refractivity contribution in [3.63, 3.8) is 0 Å². The molecule has 3 heteroatoms. The maximum atomic E-state index is 6.06. The second-order valence-electron chi connectivity index (χ2n) is 6.23. The first kappa shape index (κ1) is 14.9. The third kappa shape index (κ3) is 4.94. The van der Waals surface area contributed by atoms with E-state index >= 15 is 0 Å². The van der Waals surface area contributed by atoms with Crippen molar-refractivity contribution < 1.29 is 9.47 Å². The molecule has 1 saturated heterocycles. The fraction of sp³-hybridized carbons (Fsp3) is 1.00. The maximum absolute atomic E-state index is 6.06. The van der Waals surface area contributed by atoms with Crippen molar-refractivity contribution in [2.75, 3.05) is 20.3 Å². The van der Waals surface area contributed by atoms with Crippen molar-refractivity contribution in [3.8, 4) is 0 Å². The Morgan fingerprint density at radius 3 is 2.41 bits per heavy atom. The number of hydrogen-bond acceptors (Lipinski definition) is 3. The van der Waals surface area contributed by atoms with Crippen LogP contribution in [-0.4, -0.2) is 37.5 Å². The summed E-state index contributed by atoms with van der Waals surface area (Å²) in [4.78, 5) is 0. The van der Waals surface area contributed by atoms with Crippen molar-refractivity contribution >= 4 is 0 Å². The smallest absolute Gasteiger partial charge is 0.0787 e. The number of methoxy groups -OCH3 is 1. The lowest BCUT2D eigenvalue weighted by atomic mass is 9.94. The van der Waals surface area contributed by atoms with Crippen LogP contribution >= 0.6 is 0 Å². The van der Waals surface area contributed by atoms with Gasteiger partial charge < -0.3 is 14.8 Å². The molecule has 1 unspecified atom stereocenters. The quantitative estimate of drug-likeness (QED) is 0.697. The zero-order valence-corrected chi connectivity index (χ0v) is 12.1. The van der Waals surface area contributed by atoms with E-state index in [0.29, 0.717) is 6.04 Å². The molecule has 17 heavy (non-hydrogen) atoms. The molecule has 0 spiro atoms. The topological polar surface area (TPSA) is 30.5 Å². The maximum Gasteiger partial charge on any atom is 0.0787 e. The van der Waals surface area contributed by atoms with Gasteiger partial charge in [-0.2, -0.15) is 0 Å². The van der Waals surface area contributed by atoms with Crippen molar-refractivity contribution in [1.29, 1.82) is 0 Å². The molecule has 0 aliphatic carbocycles. The van der Waals surface area contributed by atoms with Gasteiger partial charge in [-0.25, -0.2) is 0 Å². The molecule has 3 nitrogen and oxygen atoms in total. The molecular weight excluding hydrogens is 214 g/mol. The SMILES string of the molecule is COCCCCCNC1CC(C)(C)OC1(C)C. The van der Waals surface area contributed by atoms with E-state index in [4.69, 9.17) is 9.47 Å². The van der Waals surface area contributed by atoms with Crippen LogP contribution in [0.5, 0.6) is 0 Å². The lowest BCUT2D eigenvalue weighted by molar-refractivity contribution is -0.0697. The summed E-state index contributed by atoms with van der Waals surface area (Å²) in [5.74, 6) is 0. The molecule has 0 aromatic heterocycles. The first-order chi connectivity index (χ1) is 7.87. The molecular formula is C14H29NO2. The molecule has 1 atom stereocenters. The highest BCUT2D eigenvalue weighted by atomic mass is 16.5. The highest BCUT2D eigenvalue weighted by molar-refractivity contribution is 4.98. The number of unbranched alkanes of at least 4 members (excludes halogenated alkanes) is 2. The Morgan fingerprint density at radius 1 is 1.18 bits per heavy atom. The molecule has 0 amide bonds. The minimum absolute atomic E-state index is 0.0111. The summed E-state index contributed by atoms with van der Waals surface area (Å²) >= 11 is 0. The summed E-state index contributed by atoms with van der Waals surface area (Å²) in [6, 6.07) is 0.472. The van der Waals surface area contributed by atoms with Crippen molar-refractivity contribution in [2.45, 2.75) is 70.6 Å². The van der Waals surface area contributed by atoms with Gasteiger partial charge in [-0.3, -0.25) is 0 Å². The average molecular weight is 243 g/mol. The Hall–Kier alpha value is -0.120. The van der Waals surface area contributed by atoms with Crippen molar-refractivity contribution in [2.24, 2.45) is 0 Å². The van der Waals surface area contributed by atoms with Gasteiger partial charge in [0.1, 0.15) is 0 Å². The van der Waals surface area contributed by atoms with E-state index in [9.17, 15) is 0 Å². The molecule has 0 radical (unpaired) electrons. The molecule has 1 rings (SSSR count). The standard InChI is InChI=1S/C14H29NO2/c1-13(2)11-12(14(3,4)17-13)15-9-7-6-8-10-16-5/h12,15H,6-11H2,1-5H3. The van der Waals surface area contributed by atoms with Crippen molar-refractivity contribution in [1.82, 2.24) is 5.32 Å². The van der Waals surface area contributed by atoms with E-state index in [-0.39, 0.29) is 11.2 Å². The lowest BCUT2D eigenvalue weighted by Gasteiger charge is -2.27. The highest BCUT2D eigenvalue weighted by Crippen LogP contribution is 2.37. The summed E-state index contributed by atoms with van der Waals surface area (Å²) in [5, 5.41) is 3.64. The molecule has 102 valence electrons. The monoisotopic (exact) mass is 243 g/mol. The average Bonchev–Trinajstić information content (AvgIpc) is 2.40. The molecule has 1 N–H and O–H groups in total. The van der Waals surface area contributed by atoms with Gasteiger partial charge in [0.25, 0.3) is 0 Å². The van der Waals surface area contributed by atoms with Gasteiger partial charge in [0, 0.05) is 19.8 Å². The molecule has 1 fully saturated rings. The van der Waals surface area contributed by atoms with E-state index in [1.807, 2.05) is 0 Å². The summed E-state index contributed by atoms with van der Waals surface area (Å²) in [6.45, 7) is 10.7. The molecule has 1 aliphatic rings. The van der Waals surface area contributed by atoms with Crippen LogP contribution in [-0.2, 0) is 9.47 Å². The summed E-state index contributed by atoms with van der Waals surface area (Å²) in [7, 11) is 1.76. The zero-order valence-electron chi connectivity index (χ0n) is 12.1. The Balaban J connectivity index is 2.19. The van der Waals surface area contributed by atoms with E-state index in [2.05, 4.69) is 33.0 Å². The number of nitrogens with one attached hydrogen (secondary N) is 1. The second-order valence-corrected chi connectivity index (χ2v) is 6.23. The normalized spacial score (nSPS) is 26.3. The van der Waals surface area contributed by atoms with Gasteiger partial charge in [-0.05, 0) is 59.9 Å². The fourth-order valence-electron chi connectivity index (χ4n) is 2.70. The molecule has 0 aromatic carbocycles. The molecule has 1 aliphatic heterocycles. The summed E-state index contributed by atoms with van der Waals surface area (Å²) in [6.07, 6.45) is 4.71. The van der Waals surface area contributed by atoms with Crippen LogP contribution in [0.15, 0.2) is 0 Å². The van der Waals surface area contributed by atoms with Crippen LogP contribution in [0, 0.1) is 0 Å². The van der Waals surface area contributed by atoms with Crippen LogP contribution in [0.1, 0.15) is 53.4 Å². The van der Waals surface area contributed by atoms with E-state index in [0.717, 1.165) is 26.0 Å². The highest BCUT2D eigenvalue weighted by Gasteiger charge is 2.45. The lowest BCUT2D eigenvalue weighted by Crippen LogP contribution is -2.43. The predicted molar refractivity (Wildman–Crippen MR) is 71.4 cm³/mol. The van der Waals surface area contributed by atoms with Gasteiger partial charge in [-0.1, -0.05) is 0 Å². The fourth-order valence-corrected chi connectivity index (χ4v) is 2.70. The van der Waals surface area contributed by atoms with Crippen molar-refractivity contribution in [3.05, 3.63) is 0 Å². The third-order valence-electron chi connectivity index (χ3n) is 3.49. The third-order valence-corrected chi connectivity index (χ3v) is 3.49. The largest absolute Gasteiger partial charge is 0.385 e. The summed E-state index contributed by atoms with van der Waals surface area (Å²) < 4.78 is 11.1. The molecule has 0 bridgehead atoms. The van der Waals surface area contributed by atoms with Gasteiger partial charge in [0.05, 0.1) is 11.2 Å². The first-order valence-electron chi connectivity index (χ1n) is 6.80. The molecule has 0 saturated carbocycles. The van der Waals surface area contributed by atoms with E-state index in [1.165, 1.54) is 12.8 Å². The van der Waals surface area contributed by atoms with Crippen LogP contribution in [0.2, 0.25) is 0 Å². The van der Waals surface area contributed by atoms with Crippen LogP contribution in [0.3, 0.4) is 0 Å². The Bertz CT molecular complexity index is 226. The Kier molecular flexibility index (Phi) is 5.42. The molecule has 1 heterocycles. The van der Waals surface area contributed by atoms with Crippen LogP contribution < -0.4 is 5.32 Å². The number of hydrogen-bond donors (Lipinski definition) is 1. The van der Waals surface area contributed by atoms with E-state index in [1.54, 1.807) is 7.11 Å². The zero-order chi connectivity index (χ0) is 12.9. The van der Waals surface area contributed by atoms with Crippen LogP contribution in [0.25, 0.3) is 0 Å². The van der Waals surface area contributed by atoms with Gasteiger partial charge in [0.2, 0.25) is 0 Å². The Morgan fingerprint density at radius 2 is 1.88 bits per heavy atom. The minimum Gasteiger partial charge on any atom is -0.385 e. The van der Waals surface area contributed by atoms with Crippen LogP contribution in [0.4, 0.5) is 0 Å². The number of ether oxygens (including phenoxy) is 2.